The Morgan fingerprint density at radius 2 is 2.32 bits per heavy atom. The van der Waals surface area contributed by atoms with E-state index in [0.717, 1.165) is 0 Å². The molecule has 102 valence electrons. The maximum atomic E-state index is 12.0. The molecule has 0 spiro atoms. The van der Waals surface area contributed by atoms with Crippen molar-refractivity contribution in [3.8, 4) is 0 Å². The molecule has 0 radical (unpaired) electrons. The van der Waals surface area contributed by atoms with Crippen molar-refractivity contribution < 1.29 is 14.5 Å². The molecule has 0 saturated carbocycles. The molecule has 0 saturated heterocycles. The average Bonchev–Trinajstić information content (AvgIpc) is 2.67. The third-order valence-electron chi connectivity index (χ3n) is 2.43. The van der Waals surface area contributed by atoms with Crippen LogP contribution in [0.15, 0.2) is 23.1 Å². The Kier molecular flexibility index (Phi) is 3.96. The molecule has 1 amide bonds. The number of hydrogen-bond donors (Lipinski definition) is 3. The van der Waals surface area contributed by atoms with Crippen molar-refractivity contribution in [1.29, 1.82) is 0 Å². The molecule has 2 rings (SSSR count). The van der Waals surface area contributed by atoms with Crippen LogP contribution < -0.4 is 5.32 Å². The third-order valence-corrected chi connectivity index (χ3v) is 4.18. The summed E-state index contributed by atoms with van der Waals surface area (Å²) in [5.74, 6) is 1.10. The van der Waals surface area contributed by atoms with Crippen LogP contribution in [0, 0.1) is 5.92 Å². The third kappa shape index (κ3) is 3.39. The van der Waals surface area contributed by atoms with Crippen LogP contribution in [0.4, 0.5) is 10.7 Å². The molecule has 19 heavy (non-hydrogen) atoms. The fraction of sp³-hybridized carbons (Fsp3) is 0.333. The number of carbonyl (C=O) groups is 1. The van der Waals surface area contributed by atoms with Gasteiger partial charge in [-0.25, -0.2) is 9.78 Å². The quantitative estimate of drug-likeness (QED) is 0.749. The maximum Gasteiger partial charge on any atom is 0.411 e. The van der Waals surface area contributed by atoms with Gasteiger partial charge in [0.05, 0.1) is 11.0 Å². The summed E-state index contributed by atoms with van der Waals surface area (Å²) in [7, 11) is 0. The van der Waals surface area contributed by atoms with Crippen LogP contribution in [0.2, 0.25) is 0 Å². The van der Waals surface area contributed by atoms with Gasteiger partial charge in [0.15, 0.2) is 4.90 Å². The van der Waals surface area contributed by atoms with Gasteiger partial charge in [-0.2, -0.15) is 0 Å². The Morgan fingerprint density at radius 1 is 1.58 bits per heavy atom. The van der Waals surface area contributed by atoms with Crippen LogP contribution in [0.3, 0.4) is 0 Å². The number of benzene rings is 1. The highest BCUT2D eigenvalue weighted by molar-refractivity contribution is 7.91. The van der Waals surface area contributed by atoms with Gasteiger partial charge in [0.25, 0.3) is 0 Å². The molecule has 1 unspecified atom stereocenters. The number of imidazole rings is 1. The van der Waals surface area contributed by atoms with E-state index in [2.05, 4.69) is 15.3 Å². The number of hydrogen-bond acceptors (Lipinski definition) is 3. The van der Waals surface area contributed by atoms with Crippen LogP contribution in [0.25, 0.3) is 11.0 Å². The van der Waals surface area contributed by atoms with Crippen LogP contribution in [0.1, 0.15) is 13.8 Å². The lowest BCUT2D eigenvalue weighted by molar-refractivity contribution is 0.209. The van der Waals surface area contributed by atoms with Crippen molar-refractivity contribution in [2.45, 2.75) is 18.7 Å². The number of H-pyrrole nitrogens is 1. The van der Waals surface area contributed by atoms with Crippen molar-refractivity contribution in [3.63, 3.8) is 0 Å². The number of anilines is 1. The maximum absolute atomic E-state index is 12.0. The van der Waals surface area contributed by atoms with E-state index >= 15 is 0 Å². The Balaban J connectivity index is 2.27. The second kappa shape index (κ2) is 5.50. The summed E-state index contributed by atoms with van der Waals surface area (Å²) in [6.07, 6.45) is -1.18. The van der Waals surface area contributed by atoms with Gasteiger partial charge in [0.1, 0.15) is 5.75 Å². The first-order valence-corrected chi connectivity index (χ1v) is 7.15. The van der Waals surface area contributed by atoms with E-state index in [0.29, 0.717) is 27.6 Å². The van der Waals surface area contributed by atoms with E-state index in [9.17, 15) is 9.35 Å². The molecule has 1 atom stereocenters. The SMILES string of the molecule is CC(C)C[S+]([O-])c1ccc2[nH]c(NC(=O)O)nc2c1. The molecule has 0 aliphatic carbocycles. The van der Waals surface area contributed by atoms with Crippen LogP contribution in [-0.4, -0.2) is 31.5 Å². The van der Waals surface area contributed by atoms with Gasteiger partial charge >= 0.3 is 6.09 Å². The first kappa shape index (κ1) is 13.7. The summed E-state index contributed by atoms with van der Waals surface area (Å²) >= 11 is -1.06. The lowest BCUT2D eigenvalue weighted by Gasteiger charge is -2.12. The summed E-state index contributed by atoms with van der Waals surface area (Å²) in [5.41, 5.74) is 1.30. The monoisotopic (exact) mass is 281 g/mol. The Labute approximate surface area is 113 Å². The number of aromatic nitrogens is 2. The summed E-state index contributed by atoms with van der Waals surface area (Å²) in [6.45, 7) is 4.03. The van der Waals surface area contributed by atoms with Gasteiger partial charge in [-0.15, -0.1) is 0 Å². The smallest absolute Gasteiger partial charge is 0.411 e. The van der Waals surface area contributed by atoms with Crippen molar-refractivity contribution >= 4 is 34.3 Å². The minimum absolute atomic E-state index is 0.161. The van der Waals surface area contributed by atoms with E-state index in [1.165, 1.54) is 0 Å². The highest BCUT2D eigenvalue weighted by Gasteiger charge is 2.15. The summed E-state index contributed by atoms with van der Waals surface area (Å²) in [6, 6.07) is 5.24. The fourth-order valence-electron chi connectivity index (χ4n) is 1.69. The normalized spacial score (nSPS) is 12.8. The topological polar surface area (TPSA) is 101 Å². The number of nitrogens with one attached hydrogen (secondary N) is 2. The molecule has 3 N–H and O–H groups in total. The molecule has 7 heteroatoms. The minimum Gasteiger partial charge on any atom is -0.611 e. The largest absolute Gasteiger partial charge is 0.611 e. The lowest BCUT2D eigenvalue weighted by atomic mass is 10.3. The molecule has 6 nitrogen and oxygen atoms in total. The standard InChI is InChI=1S/C12H15N3O3S/c1-7(2)6-19(18)8-3-4-9-10(5-8)14-11(13-9)15-12(16)17/h3-5,7H,6H2,1-2H3,(H,16,17)(H2,13,14,15). The molecule has 0 aliphatic rings. The summed E-state index contributed by atoms with van der Waals surface area (Å²) in [5, 5.41) is 10.8. The highest BCUT2D eigenvalue weighted by atomic mass is 32.2. The number of rotatable bonds is 4. The number of fused-ring (bicyclic) bond motifs is 1. The molecule has 1 heterocycles. The second-order valence-corrected chi connectivity index (χ2v) is 6.10. The van der Waals surface area contributed by atoms with Gasteiger partial charge in [-0.1, -0.05) is 13.8 Å². The van der Waals surface area contributed by atoms with Crippen molar-refractivity contribution in [2.24, 2.45) is 5.92 Å². The molecule has 2 aromatic rings. The molecule has 0 fully saturated rings. The van der Waals surface area contributed by atoms with Crippen molar-refractivity contribution in [1.82, 2.24) is 9.97 Å². The zero-order valence-electron chi connectivity index (χ0n) is 10.6. The zero-order valence-corrected chi connectivity index (χ0v) is 11.5. The number of amides is 1. The number of nitrogens with zero attached hydrogens (tertiary/aromatic N) is 1. The molecule has 1 aromatic heterocycles. The highest BCUT2D eigenvalue weighted by Crippen LogP contribution is 2.21. The van der Waals surface area contributed by atoms with E-state index < -0.39 is 17.3 Å². The Bertz CT molecular complexity index is 597. The van der Waals surface area contributed by atoms with Crippen LogP contribution in [0.5, 0.6) is 0 Å². The lowest BCUT2D eigenvalue weighted by Crippen LogP contribution is -2.11. The molecule has 0 aliphatic heterocycles. The van der Waals surface area contributed by atoms with E-state index in [1.807, 2.05) is 13.8 Å². The first-order valence-electron chi connectivity index (χ1n) is 5.84. The first-order chi connectivity index (χ1) is 8.95. The minimum atomic E-state index is -1.18. The average molecular weight is 281 g/mol. The predicted molar refractivity (Wildman–Crippen MR) is 73.9 cm³/mol. The van der Waals surface area contributed by atoms with Crippen molar-refractivity contribution in [2.75, 3.05) is 11.1 Å². The van der Waals surface area contributed by atoms with Crippen molar-refractivity contribution in [3.05, 3.63) is 18.2 Å². The molecular formula is C12H15N3O3S. The van der Waals surface area contributed by atoms with Gasteiger partial charge in [-0.05, 0) is 29.2 Å². The zero-order chi connectivity index (χ0) is 14.0. The van der Waals surface area contributed by atoms with Crippen LogP contribution >= 0.6 is 0 Å². The molecular weight excluding hydrogens is 266 g/mol. The summed E-state index contributed by atoms with van der Waals surface area (Å²) in [4.78, 5) is 18.2. The van der Waals surface area contributed by atoms with Gasteiger partial charge in [0, 0.05) is 6.07 Å². The van der Waals surface area contributed by atoms with Gasteiger partial charge < -0.3 is 14.6 Å². The molecule has 1 aromatic carbocycles. The predicted octanol–water partition coefficient (Wildman–Crippen LogP) is 2.42. The summed E-state index contributed by atoms with van der Waals surface area (Å²) < 4.78 is 12.0. The van der Waals surface area contributed by atoms with E-state index in [4.69, 9.17) is 5.11 Å². The van der Waals surface area contributed by atoms with E-state index in [1.54, 1.807) is 18.2 Å². The fourth-order valence-corrected chi connectivity index (χ4v) is 2.95. The number of aromatic amines is 1. The van der Waals surface area contributed by atoms with E-state index in [-0.39, 0.29) is 5.95 Å². The van der Waals surface area contributed by atoms with Gasteiger partial charge in [0.2, 0.25) is 5.95 Å². The second-order valence-electron chi connectivity index (χ2n) is 4.60. The molecule has 0 bridgehead atoms. The van der Waals surface area contributed by atoms with Gasteiger partial charge in [-0.3, -0.25) is 5.32 Å². The van der Waals surface area contributed by atoms with Crippen LogP contribution in [-0.2, 0) is 11.2 Å². The Hall–Kier alpha value is -1.73. The number of carboxylic acid groups (broad SMARTS) is 1. The Morgan fingerprint density at radius 3 is 2.95 bits per heavy atom.